The van der Waals surface area contributed by atoms with Gasteiger partial charge in [0.1, 0.15) is 6.10 Å². The first-order chi connectivity index (χ1) is 7.76. The molecule has 1 aliphatic heterocycles. The molecule has 1 unspecified atom stereocenters. The molecule has 4 heteroatoms. The fourth-order valence-electron chi connectivity index (χ4n) is 2.23. The SMILES string of the molecule is O=C(NCC1(CCBr)CC1)C1CCCCO1. The van der Waals surface area contributed by atoms with Crippen molar-refractivity contribution >= 4 is 21.8 Å². The minimum absolute atomic E-state index is 0.0977. The lowest BCUT2D eigenvalue weighted by molar-refractivity contribution is -0.135. The van der Waals surface area contributed by atoms with Gasteiger partial charge in [-0.3, -0.25) is 4.79 Å². The molecule has 0 aromatic heterocycles. The van der Waals surface area contributed by atoms with Gasteiger partial charge in [-0.2, -0.15) is 0 Å². The van der Waals surface area contributed by atoms with Crippen molar-refractivity contribution in [1.29, 1.82) is 0 Å². The molecular formula is C12H20BrNO2. The number of hydrogen-bond donors (Lipinski definition) is 1. The summed E-state index contributed by atoms with van der Waals surface area (Å²) >= 11 is 3.47. The standard InChI is InChI=1S/C12H20BrNO2/c13-7-6-12(4-5-12)9-14-11(15)10-3-1-2-8-16-10/h10H,1-9H2,(H,14,15). The van der Waals surface area contributed by atoms with Crippen molar-refractivity contribution < 1.29 is 9.53 Å². The van der Waals surface area contributed by atoms with Gasteiger partial charge in [0.05, 0.1) is 0 Å². The lowest BCUT2D eigenvalue weighted by Gasteiger charge is -2.23. The number of carbonyl (C=O) groups is 1. The van der Waals surface area contributed by atoms with E-state index in [0.29, 0.717) is 5.41 Å². The van der Waals surface area contributed by atoms with E-state index in [1.165, 1.54) is 19.3 Å². The molecule has 0 aromatic rings. The van der Waals surface area contributed by atoms with Gasteiger partial charge in [-0.1, -0.05) is 15.9 Å². The summed E-state index contributed by atoms with van der Waals surface area (Å²) in [5, 5.41) is 4.09. The average Bonchev–Trinajstić information content (AvgIpc) is 3.08. The van der Waals surface area contributed by atoms with Gasteiger partial charge in [-0.25, -0.2) is 0 Å². The molecule has 1 heterocycles. The van der Waals surface area contributed by atoms with Crippen LogP contribution in [0.5, 0.6) is 0 Å². The zero-order chi connectivity index (χ0) is 11.4. The van der Waals surface area contributed by atoms with Crippen LogP contribution in [0.25, 0.3) is 0 Å². The second-order valence-electron chi connectivity index (χ2n) is 5.01. The molecule has 1 atom stereocenters. The smallest absolute Gasteiger partial charge is 0.249 e. The monoisotopic (exact) mass is 289 g/mol. The predicted molar refractivity (Wildman–Crippen MR) is 66.7 cm³/mol. The van der Waals surface area contributed by atoms with Gasteiger partial charge in [0.2, 0.25) is 5.91 Å². The third kappa shape index (κ3) is 3.20. The molecule has 0 radical (unpaired) electrons. The third-order valence-electron chi connectivity index (χ3n) is 3.69. The van der Waals surface area contributed by atoms with Crippen LogP contribution in [0.2, 0.25) is 0 Å². The molecule has 1 saturated carbocycles. The quantitative estimate of drug-likeness (QED) is 0.789. The summed E-state index contributed by atoms with van der Waals surface area (Å²) < 4.78 is 5.46. The fourth-order valence-corrected chi connectivity index (χ4v) is 3.07. The number of amides is 1. The maximum Gasteiger partial charge on any atom is 0.249 e. The van der Waals surface area contributed by atoms with Gasteiger partial charge in [-0.15, -0.1) is 0 Å². The van der Waals surface area contributed by atoms with E-state index in [9.17, 15) is 4.79 Å². The van der Waals surface area contributed by atoms with Crippen LogP contribution < -0.4 is 5.32 Å². The summed E-state index contributed by atoms with van der Waals surface area (Å²) in [6.45, 7) is 1.57. The fraction of sp³-hybridized carbons (Fsp3) is 0.917. The Morgan fingerprint density at radius 2 is 2.25 bits per heavy atom. The lowest BCUT2D eigenvalue weighted by Crippen LogP contribution is -2.40. The van der Waals surface area contributed by atoms with Crippen molar-refractivity contribution in [3.8, 4) is 0 Å². The second kappa shape index (κ2) is 5.50. The highest BCUT2D eigenvalue weighted by molar-refractivity contribution is 9.09. The number of carbonyl (C=O) groups excluding carboxylic acids is 1. The van der Waals surface area contributed by atoms with Gasteiger partial charge in [0.25, 0.3) is 0 Å². The van der Waals surface area contributed by atoms with E-state index in [0.717, 1.165) is 37.7 Å². The van der Waals surface area contributed by atoms with E-state index in [-0.39, 0.29) is 12.0 Å². The zero-order valence-electron chi connectivity index (χ0n) is 9.64. The minimum Gasteiger partial charge on any atom is -0.368 e. The molecule has 16 heavy (non-hydrogen) atoms. The highest BCUT2D eigenvalue weighted by Crippen LogP contribution is 2.48. The minimum atomic E-state index is -0.187. The molecule has 0 aromatic carbocycles. The molecule has 1 amide bonds. The van der Waals surface area contributed by atoms with Crippen molar-refractivity contribution in [2.45, 2.75) is 44.6 Å². The van der Waals surface area contributed by atoms with Gasteiger partial charge in [0, 0.05) is 18.5 Å². The van der Waals surface area contributed by atoms with Crippen molar-refractivity contribution in [1.82, 2.24) is 5.32 Å². The Morgan fingerprint density at radius 3 is 2.81 bits per heavy atom. The maximum atomic E-state index is 11.8. The van der Waals surface area contributed by atoms with E-state index in [1.807, 2.05) is 0 Å². The Bertz CT molecular complexity index is 247. The molecule has 1 aliphatic carbocycles. The topological polar surface area (TPSA) is 38.3 Å². The molecule has 1 saturated heterocycles. The van der Waals surface area contributed by atoms with Crippen molar-refractivity contribution in [3.63, 3.8) is 0 Å². The number of rotatable bonds is 5. The zero-order valence-corrected chi connectivity index (χ0v) is 11.2. The highest BCUT2D eigenvalue weighted by atomic mass is 79.9. The Kier molecular flexibility index (Phi) is 4.25. The van der Waals surface area contributed by atoms with E-state index in [4.69, 9.17) is 4.74 Å². The molecule has 2 aliphatic rings. The first-order valence-electron chi connectivity index (χ1n) is 6.21. The molecule has 2 fully saturated rings. The summed E-state index contributed by atoms with van der Waals surface area (Å²) in [6.07, 6.45) is 6.58. The molecule has 0 spiro atoms. The summed E-state index contributed by atoms with van der Waals surface area (Å²) in [4.78, 5) is 11.8. The van der Waals surface area contributed by atoms with Crippen molar-refractivity contribution in [3.05, 3.63) is 0 Å². The van der Waals surface area contributed by atoms with Crippen LogP contribution in [0.1, 0.15) is 38.5 Å². The van der Waals surface area contributed by atoms with Crippen LogP contribution in [0.15, 0.2) is 0 Å². The van der Waals surface area contributed by atoms with Crippen LogP contribution in [-0.4, -0.2) is 30.5 Å². The number of halogens is 1. The summed E-state index contributed by atoms with van der Waals surface area (Å²) in [6, 6.07) is 0. The predicted octanol–water partition coefficient (Wildman–Crippen LogP) is 2.24. The van der Waals surface area contributed by atoms with E-state index >= 15 is 0 Å². The second-order valence-corrected chi connectivity index (χ2v) is 5.80. The summed E-state index contributed by atoms with van der Waals surface area (Å²) in [5.41, 5.74) is 0.397. The Morgan fingerprint density at radius 1 is 1.44 bits per heavy atom. The summed E-state index contributed by atoms with van der Waals surface area (Å²) in [7, 11) is 0. The van der Waals surface area contributed by atoms with Gasteiger partial charge in [0.15, 0.2) is 0 Å². The normalized spacial score (nSPS) is 27.4. The average molecular weight is 290 g/mol. The van der Waals surface area contributed by atoms with Crippen molar-refractivity contribution in [2.24, 2.45) is 5.41 Å². The maximum absolute atomic E-state index is 11.8. The largest absolute Gasteiger partial charge is 0.368 e. The number of hydrogen-bond acceptors (Lipinski definition) is 2. The number of ether oxygens (including phenoxy) is 1. The van der Waals surface area contributed by atoms with Gasteiger partial charge >= 0.3 is 0 Å². The first-order valence-corrected chi connectivity index (χ1v) is 7.33. The van der Waals surface area contributed by atoms with Gasteiger partial charge < -0.3 is 10.1 Å². The Balaban J connectivity index is 1.70. The molecule has 2 rings (SSSR count). The Hall–Kier alpha value is -0.0900. The van der Waals surface area contributed by atoms with Crippen LogP contribution in [-0.2, 0) is 9.53 Å². The van der Waals surface area contributed by atoms with E-state index < -0.39 is 0 Å². The van der Waals surface area contributed by atoms with Crippen LogP contribution in [0.3, 0.4) is 0 Å². The molecular weight excluding hydrogens is 270 g/mol. The first kappa shape index (κ1) is 12.4. The van der Waals surface area contributed by atoms with E-state index in [2.05, 4.69) is 21.2 Å². The summed E-state index contributed by atoms with van der Waals surface area (Å²) in [5.74, 6) is 0.0977. The van der Waals surface area contributed by atoms with Gasteiger partial charge in [-0.05, 0) is 43.9 Å². The van der Waals surface area contributed by atoms with Crippen LogP contribution >= 0.6 is 15.9 Å². The molecule has 1 N–H and O–H groups in total. The lowest BCUT2D eigenvalue weighted by atomic mass is 10.0. The van der Waals surface area contributed by atoms with Crippen LogP contribution in [0, 0.1) is 5.41 Å². The molecule has 3 nitrogen and oxygen atoms in total. The third-order valence-corrected chi connectivity index (χ3v) is 4.09. The molecule has 0 bridgehead atoms. The van der Waals surface area contributed by atoms with Crippen LogP contribution in [0.4, 0.5) is 0 Å². The number of nitrogens with one attached hydrogen (secondary N) is 1. The number of alkyl halides is 1. The van der Waals surface area contributed by atoms with E-state index in [1.54, 1.807) is 0 Å². The molecule has 92 valence electrons. The van der Waals surface area contributed by atoms with Crippen molar-refractivity contribution in [2.75, 3.05) is 18.5 Å². The highest BCUT2D eigenvalue weighted by Gasteiger charge is 2.42. The Labute approximate surface area is 105 Å².